The topological polar surface area (TPSA) is 78.6 Å². The molecular weight excluding hydrogens is 230 g/mol. The molecule has 18 heavy (non-hydrogen) atoms. The molecule has 1 aliphatic rings. The van der Waals surface area contributed by atoms with Crippen LogP contribution in [0.25, 0.3) is 0 Å². The number of nitrogens with zero attached hydrogens (tertiary/aromatic N) is 1. The number of aliphatic hydroxyl groups excluding tert-OH is 1. The van der Waals surface area contributed by atoms with Gasteiger partial charge in [-0.1, -0.05) is 13.0 Å². The number of aliphatic hydroxyl groups is 1. The average molecular weight is 249 g/mol. The number of amides is 2. The van der Waals surface area contributed by atoms with Crippen molar-refractivity contribution in [2.24, 2.45) is 5.92 Å². The van der Waals surface area contributed by atoms with E-state index in [2.05, 4.69) is 5.32 Å². The lowest BCUT2D eigenvalue weighted by atomic mass is 9.96. The summed E-state index contributed by atoms with van der Waals surface area (Å²) in [6.07, 6.45) is 0.385. The van der Waals surface area contributed by atoms with Crippen molar-refractivity contribution >= 4 is 17.4 Å². The smallest absolute Gasteiger partial charge is 0.321 e. The van der Waals surface area contributed by atoms with Gasteiger partial charge >= 0.3 is 6.03 Å². The van der Waals surface area contributed by atoms with Gasteiger partial charge in [-0.15, -0.1) is 0 Å². The summed E-state index contributed by atoms with van der Waals surface area (Å²) in [7, 11) is 0. The zero-order valence-electron chi connectivity index (χ0n) is 10.5. The van der Waals surface area contributed by atoms with Crippen LogP contribution < -0.4 is 11.1 Å². The molecule has 1 saturated heterocycles. The van der Waals surface area contributed by atoms with Crippen LogP contribution in [0.4, 0.5) is 16.2 Å². The highest BCUT2D eigenvalue weighted by atomic mass is 16.3. The number of anilines is 2. The SMILES string of the molecule is CC1CCN(C(=O)Nc2cccc(N)c2)CC1O. The summed E-state index contributed by atoms with van der Waals surface area (Å²) < 4.78 is 0. The Morgan fingerprint density at radius 1 is 1.56 bits per heavy atom. The summed E-state index contributed by atoms with van der Waals surface area (Å²) in [5.74, 6) is 0.251. The van der Waals surface area contributed by atoms with Crippen molar-refractivity contribution in [2.45, 2.75) is 19.4 Å². The minimum Gasteiger partial charge on any atom is -0.399 e. The molecule has 1 fully saturated rings. The molecule has 0 aliphatic carbocycles. The first-order chi connectivity index (χ1) is 8.56. The molecule has 2 atom stereocenters. The fourth-order valence-electron chi connectivity index (χ4n) is 2.05. The minimum atomic E-state index is -0.439. The van der Waals surface area contributed by atoms with Crippen molar-refractivity contribution in [3.63, 3.8) is 0 Å². The maximum Gasteiger partial charge on any atom is 0.321 e. The van der Waals surface area contributed by atoms with E-state index < -0.39 is 6.10 Å². The number of carbonyl (C=O) groups is 1. The standard InChI is InChI=1S/C13H19N3O2/c1-9-5-6-16(8-12(9)17)13(18)15-11-4-2-3-10(14)7-11/h2-4,7,9,12,17H,5-6,8,14H2,1H3,(H,15,18). The van der Waals surface area contributed by atoms with Crippen molar-refractivity contribution in [1.82, 2.24) is 4.90 Å². The summed E-state index contributed by atoms with van der Waals surface area (Å²) in [6, 6.07) is 6.87. The summed E-state index contributed by atoms with van der Waals surface area (Å²) in [6.45, 7) is 3.06. The molecule has 0 radical (unpaired) electrons. The first-order valence-corrected chi connectivity index (χ1v) is 6.16. The zero-order chi connectivity index (χ0) is 13.1. The highest BCUT2D eigenvalue weighted by Crippen LogP contribution is 2.18. The van der Waals surface area contributed by atoms with E-state index in [4.69, 9.17) is 5.73 Å². The van der Waals surface area contributed by atoms with Crippen molar-refractivity contribution in [1.29, 1.82) is 0 Å². The number of benzene rings is 1. The molecule has 1 aliphatic heterocycles. The van der Waals surface area contributed by atoms with Crippen molar-refractivity contribution in [2.75, 3.05) is 24.1 Å². The second kappa shape index (κ2) is 5.27. The predicted octanol–water partition coefficient (Wildman–Crippen LogP) is 1.50. The summed E-state index contributed by atoms with van der Waals surface area (Å²) >= 11 is 0. The fraction of sp³-hybridized carbons (Fsp3) is 0.462. The van der Waals surface area contributed by atoms with Crippen LogP contribution in [0, 0.1) is 5.92 Å². The molecule has 2 amide bonds. The first kappa shape index (κ1) is 12.7. The highest BCUT2D eigenvalue weighted by Gasteiger charge is 2.27. The van der Waals surface area contributed by atoms with Gasteiger partial charge in [0.15, 0.2) is 0 Å². The molecule has 2 rings (SSSR count). The number of β-amino-alcohol motifs (C(OH)–C–C–N with tert-alkyl or cyclic N) is 1. The van der Waals surface area contributed by atoms with Gasteiger partial charge in [-0.25, -0.2) is 4.79 Å². The van der Waals surface area contributed by atoms with E-state index >= 15 is 0 Å². The van der Waals surface area contributed by atoms with E-state index in [-0.39, 0.29) is 11.9 Å². The third-order valence-electron chi connectivity index (χ3n) is 3.34. The van der Waals surface area contributed by atoms with Gasteiger partial charge in [0.1, 0.15) is 0 Å². The quantitative estimate of drug-likeness (QED) is 0.660. The van der Waals surface area contributed by atoms with E-state index in [1.54, 1.807) is 29.2 Å². The zero-order valence-corrected chi connectivity index (χ0v) is 10.5. The Morgan fingerprint density at radius 3 is 3.00 bits per heavy atom. The second-order valence-corrected chi connectivity index (χ2v) is 4.83. The van der Waals surface area contributed by atoms with Crippen LogP contribution in [-0.4, -0.2) is 35.2 Å². The van der Waals surface area contributed by atoms with Crippen molar-refractivity contribution in [3.8, 4) is 0 Å². The molecule has 5 heteroatoms. The van der Waals surface area contributed by atoms with Crippen LogP contribution in [0.3, 0.4) is 0 Å². The van der Waals surface area contributed by atoms with Crippen LogP contribution in [0.15, 0.2) is 24.3 Å². The molecule has 0 bridgehead atoms. The Morgan fingerprint density at radius 2 is 2.33 bits per heavy atom. The first-order valence-electron chi connectivity index (χ1n) is 6.16. The number of carbonyl (C=O) groups excluding carboxylic acids is 1. The lowest BCUT2D eigenvalue weighted by molar-refractivity contribution is 0.0464. The van der Waals surface area contributed by atoms with E-state index in [0.717, 1.165) is 6.42 Å². The molecule has 0 aromatic heterocycles. The van der Waals surface area contributed by atoms with E-state index in [0.29, 0.717) is 24.5 Å². The molecule has 98 valence electrons. The van der Waals surface area contributed by atoms with E-state index in [9.17, 15) is 9.90 Å². The second-order valence-electron chi connectivity index (χ2n) is 4.83. The Kier molecular flexibility index (Phi) is 3.72. The number of piperidine rings is 1. The van der Waals surface area contributed by atoms with Gasteiger partial charge in [0.25, 0.3) is 0 Å². The molecule has 0 saturated carbocycles. The summed E-state index contributed by atoms with van der Waals surface area (Å²) in [4.78, 5) is 13.6. The van der Waals surface area contributed by atoms with Crippen LogP contribution in [-0.2, 0) is 0 Å². The number of nitrogen functional groups attached to an aromatic ring is 1. The number of nitrogens with two attached hydrogens (primary N) is 1. The third kappa shape index (κ3) is 2.92. The summed E-state index contributed by atoms with van der Waals surface area (Å²) in [5.41, 5.74) is 6.93. The maximum absolute atomic E-state index is 12.0. The number of nitrogens with one attached hydrogen (secondary N) is 1. The average Bonchev–Trinajstić information content (AvgIpc) is 2.32. The molecule has 5 nitrogen and oxygen atoms in total. The van der Waals surface area contributed by atoms with E-state index in [1.165, 1.54) is 0 Å². The molecule has 1 aromatic rings. The third-order valence-corrected chi connectivity index (χ3v) is 3.34. The van der Waals surface area contributed by atoms with Gasteiger partial charge < -0.3 is 21.1 Å². The Labute approximate surface area is 107 Å². The number of rotatable bonds is 1. The Balaban J connectivity index is 1.96. The lowest BCUT2D eigenvalue weighted by Gasteiger charge is -2.34. The van der Waals surface area contributed by atoms with Crippen molar-refractivity contribution in [3.05, 3.63) is 24.3 Å². The Hall–Kier alpha value is -1.75. The van der Waals surface area contributed by atoms with E-state index in [1.807, 2.05) is 6.92 Å². The largest absolute Gasteiger partial charge is 0.399 e. The molecule has 0 spiro atoms. The van der Waals surface area contributed by atoms with Crippen molar-refractivity contribution < 1.29 is 9.90 Å². The van der Waals surface area contributed by atoms with Gasteiger partial charge in [0, 0.05) is 24.5 Å². The molecule has 1 heterocycles. The van der Waals surface area contributed by atoms with Crippen LogP contribution in [0.5, 0.6) is 0 Å². The normalized spacial score (nSPS) is 23.8. The van der Waals surface area contributed by atoms with Gasteiger partial charge in [0.05, 0.1) is 6.10 Å². The lowest BCUT2D eigenvalue weighted by Crippen LogP contribution is -2.47. The number of hydrogen-bond donors (Lipinski definition) is 3. The number of hydrogen-bond acceptors (Lipinski definition) is 3. The maximum atomic E-state index is 12.0. The van der Waals surface area contributed by atoms with Crippen LogP contribution >= 0.6 is 0 Å². The van der Waals surface area contributed by atoms with Gasteiger partial charge in [-0.3, -0.25) is 0 Å². The fourth-order valence-corrected chi connectivity index (χ4v) is 2.05. The minimum absolute atomic E-state index is 0.188. The monoisotopic (exact) mass is 249 g/mol. The van der Waals surface area contributed by atoms with Gasteiger partial charge in [0.2, 0.25) is 0 Å². The number of urea groups is 1. The molecule has 2 unspecified atom stereocenters. The van der Waals surface area contributed by atoms with Gasteiger partial charge in [-0.05, 0) is 30.5 Å². The van der Waals surface area contributed by atoms with Crippen LogP contribution in [0.2, 0.25) is 0 Å². The molecule has 4 N–H and O–H groups in total. The number of likely N-dealkylation sites (tertiary alicyclic amines) is 1. The molecule has 1 aromatic carbocycles. The Bertz CT molecular complexity index is 436. The van der Waals surface area contributed by atoms with Crippen LogP contribution in [0.1, 0.15) is 13.3 Å². The highest BCUT2D eigenvalue weighted by molar-refractivity contribution is 5.89. The summed E-state index contributed by atoms with van der Waals surface area (Å²) in [5, 5.41) is 12.5. The van der Waals surface area contributed by atoms with Gasteiger partial charge in [-0.2, -0.15) is 0 Å². The molecular formula is C13H19N3O2. The predicted molar refractivity (Wildman–Crippen MR) is 71.2 cm³/mol.